The lowest BCUT2D eigenvalue weighted by Gasteiger charge is -2.08. The Morgan fingerprint density at radius 3 is 0.862 bits per heavy atom. The molecule has 9 heterocycles. The molecule has 0 aliphatic heterocycles. The molecular formula is C136H107N9. The summed E-state index contributed by atoms with van der Waals surface area (Å²) in [6.07, 6.45) is 0. The fraction of sp³-hybridized carbons (Fsp3) is 0.0735. The van der Waals surface area contributed by atoms with Crippen LogP contribution in [0.2, 0.25) is 0 Å². The van der Waals surface area contributed by atoms with Crippen LogP contribution in [0.25, 0.3) is 251 Å². The van der Waals surface area contributed by atoms with Crippen LogP contribution in [-0.4, -0.2) is 41.1 Å². The smallest absolute Gasteiger partial charge is 0.0568 e. The first-order valence-electron chi connectivity index (χ1n) is 50.1. The Hall–Kier alpha value is -18.2. The van der Waals surface area contributed by atoms with Crippen molar-refractivity contribution in [3.63, 3.8) is 0 Å². The van der Waals surface area contributed by atoms with Crippen LogP contribution in [0.3, 0.4) is 0 Å². The predicted octanol–water partition coefficient (Wildman–Crippen LogP) is 35.6. The molecule has 0 aliphatic rings. The quantitative estimate of drug-likeness (QED) is 0.169. The van der Waals surface area contributed by atoms with Gasteiger partial charge in [0.25, 0.3) is 0 Å². The highest BCUT2D eigenvalue weighted by Crippen LogP contribution is 2.43. The van der Waals surface area contributed by atoms with Crippen molar-refractivity contribution in [2.24, 2.45) is 49.3 Å². The number of rotatable bonds is 3. The number of hydrogen-bond acceptors (Lipinski definition) is 0. The minimum atomic E-state index is 1.19. The van der Waals surface area contributed by atoms with E-state index in [1.165, 1.54) is 268 Å². The van der Waals surface area contributed by atoms with Gasteiger partial charge in [0.15, 0.2) is 0 Å². The molecule has 0 atom stereocenters. The van der Waals surface area contributed by atoms with Crippen LogP contribution in [0.4, 0.5) is 0 Å². The molecule has 9 nitrogen and oxygen atoms in total. The molecule has 9 aromatic heterocycles. The summed E-state index contributed by atoms with van der Waals surface area (Å²) in [6, 6.07) is 168. The minimum absolute atomic E-state index is 1.19. The van der Waals surface area contributed by atoms with E-state index in [2.05, 4.69) is 578 Å². The lowest BCUT2D eigenvalue weighted by molar-refractivity contribution is 1.01. The van der Waals surface area contributed by atoms with Gasteiger partial charge < -0.3 is 41.1 Å². The molecule has 0 fully saturated rings. The molecule has 696 valence electrons. The SMILES string of the molecule is Cc1ccc2c(c1)c1cc(C)ccc1n2C.Cc1ccc2c(c1)c1ccccc1n2C.Cn1c2ccccc2c2c3ccccc3ccc21.Cn1c2ccccc2c2cc(-c3ccc4c(c3)c3ccccc3n4-c3ccccc3)ccc21.Cn1c2ccccc2c2cc(-n3c4ccccc4c4ccccc43)ccc21.Cn1c2ccccc2c2cc3ccccc3cc21.Cn1c2ccccc2c2ccc3ccccc3c21. The number of nitrogens with zero attached hydrogens (tertiary/aromatic N) is 9. The van der Waals surface area contributed by atoms with Crippen molar-refractivity contribution in [2.75, 3.05) is 0 Å². The first kappa shape index (κ1) is 88.3. The molecule has 0 unspecified atom stereocenters. The normalized spacial score (nSPS) is 11.7. The van der Waals surface area contributed by atoms with Crippen molar-refractivity contribution < 1.29 is 0 Å². The maximum atomic E-state index is 2.38. The van der Waals surface area contributed by atoms with Gasteiger partial charge in [0.1, 0.15) is 0 Å². The lowest BCUT2D eigenvalue weighted by atomic mass is 10.0. The van der Waals surface area contributed by atoms with E-state index in [9.17, 15) is 0 Å². The zero-order valence-corrected chi connectivity index (χ0v) is 83.0. The van der Waals surface area contributed by atoms with Crippen molar-refractivity contribution in [2.45, 2.75) is 20.8 Å². The van der Waals surface area contributed by atoms with Crippen LogP contribution in [0, 0.1) is 20.8 Å². The van der Waals surface area contributed by atoms with Gasteiger partial charge in [-0.05, 0) is 223 Å². The van der Waals surface area contributed by atoms with Crippen LogP contribution in [0.5, 0.6) is 0 Å². The highest BCUT2D eigenvalue weighted by molar-refractivity contribution is 6.23. The fourth-order valence-corrected chi connectivity index (χ4v) is 23.3. The van der Waals surface area contributed by atoms with Gasteiger partial charge in [-0.1, -0.05) is 320 Å². The van der Waals surface area contributed by atoms with E-state index in [-0.39, 0.29) is 0 Å². The van der Waals surface area contributed by atoms with Gasteiger partial charge >= 0.3 is 0 Å². The number of benzene rings is 22. The second-order valence-corrected chi connectivity index (χ2v) is 38.9. The summed E-state index contributed by atoms with van der Waals surface area (Å²) in [7, 11) is 15.0. The summed E-state index contributed by atoms with van der Waals surface area (Å²) < 4.78 is 20.7. The maximum Gasteiger partial charge on any atom is 0.0568 e. The van der Waals surface area contributed by atoms with E-state index < -0.39 is 0 Å². The molecule has 145 heavy (non-hydrogen) atoms. The molecule has 22 aromatic carbocycles. The molecule has 0 amide bonds. The number of fused-ring (bicyclic) bond motifs is 32. The highest BCUT2D eigenvalue weighted by Gasteiger charge is 2.21. The fourth-order valence-electron chi connectivity index (χ4n) is 23.3. The zero-order valence-electron chi connectivity index (χ0n) is 83.0. The van der Waals surface area contributed by atoms with Crippen LogP contribution in [0.15, 0.2) is 467 Å². The summed E-state index contributed by atoms with van der Waals surface area (Å²) in [5.74, 6) is 0. The average Bonchev–Trinajstić information content (AvgIpc) is 1.59. The summed E-state index contributed by atoms with van der Waals surface area (Å²) in [6.45, 7) is 6.43. The van der Waals surface area contributed by atoms with Gasteiger partial charge in [0.2, 0.25) is 0 Å². The monoisotopic (exact) mass is 1870 g/mol. The van der Waals surface area contributed by atoms with Gasteiger partial charge in [-0.25, -0.2) is 0 Å². The first-order chi connectivity index (χ1) is 71.1. The second kappa shape index (κ2) is 36.2. The molecule has 0 radical (unpaired) electrons. The zero-order chi connectivity index (χ0) is 97.9. The number of hydrogen-bond donors (Lipinski definition) is 0. The average molecular weight is 1870 g/mol. The summed E-state index contributed by atoms with van der Waals surface area (Å²) in [4.78, 5) is 0. The summed E-state index contributed by atoms with van der Waals surface area (Å²) >= 11 is 0. The molecule has 31 rings (SSSR count). The van der Waals surface area contributed by atoms with Crippen molar-refractivity contribution in [1.29, 1.82) is 0 Å². The Labute approximate surface area is 840 Å². The first-order valence-corrected chi connectivity index (χ1v) is 50.1. The molecule has 0 aliphatic carbocycles. The Bertz CT molecular complexity index is 10400. The van der Waals surface area contributed by atoms with Gasteiger partial charge in [-0.2, -0.15) is 0 Å². The molecule has 0 bridgehead atoms. The predicted molar refractivity (Wildman–Crippen MR) is 624 cm³/mol. The highest BCUT2D eigenvalue weighted by atomic mass is 15.0. The Balaban J connectivity index is 0.0000000901. The van der Waals surface area contributed by atoms with Crippen LogP contribution in [-0.2, 0) is 49.3 Å². The van der Waals surface area contributed by atoms with E-state index in [1.807, 2.05) is 0 Å². The Morgan fingerprint density at radius 1 is 0.131 bits per heavy atom. The number of aryl methyl sites for hydroxylation is 10. The third-order valence-corrected chi connectivity index (χ3v) is 30.4. The molecule has 0 N–H and O–H groups in total. The second-order valence-electron chi connectivity index (χ2n) is 38.9. The topological polar surface area (TPSA) is 44.4 Å². The standard InChI is InChI=1S/C31H22N2.C25H18N2.3C17H13N.C15H15N.C14H13N/c1-32-28-13-7-5-11-24(28)26-19-21(15-17-29(26)32)22-16-18-31-27(20-22)25-12-6-8-14-30(25)33(31)23-9-3-2-4-10-23;1-26-22-11-5-2-10-20(22)21-16-17(14-15-23(21)26)27-24-12-6-3-8-18(24)19-9-4-7-13-25(19)27;1-18-16-9-5-4-8-14(16)15-10-12-6-2-3-7-13(12)11-17(15)18;1-18-16-9-5-4-8-14(16)15-11-10-12-6-2-3-7-13(12)17(15)18;1-18-15-9-5-4-8-14(15)17-13-7-3-2-6-12(13)10-11-16(17)18;1-10-4-6-14-12(8-10)13-9-11(2)5-7-15(13)16(14)3;1-10-7-8-14-12(9-10)11-5-3-4-6-13(11)15(14)2/h2-20H,1H3;2-16H,1H3;3*2-11H,1H3;4-9H,1-3H3;3-9H,1-2H3. The number of aromatic nitrogens is 9. The van der Waals surface area contributed by atoms with E-state index in [1.54, 1.807) is 0 Å². The van der Waals surface area contributed by atoms with Gasteiger partial charge in [0, 0.05) is 235 Å². The van der Waals surface area contributed by atoms with Crippen molar-refractivity contribution >= 4 is 229 Å². The van der Waals surface area contributed by atoms with Crippen molar-refractivity contribution in [1.82, 2.24) is 41.1 Å². The summed E-state index contributed by atoms with van der Waals surface area (Å²) in [5, 5.41) is 31.7. The molecule has 0 saturated carbocycles. The van der Waals surface area contributed by atoms with Crippen LogP contribution in [0.1, 0.15) is 16.7 Å². The molecule has 9 heteroatoms. The van der Waals surface area contributed by atoms with Gasteiger partial charge in [-0.15, -0.1) is 0 Å². The van der Waals surface area contributed by atoms with E-state index in [4.69, 9.17) is 0 Å². The minimum Gasteiger partial charge on any atom is -0.344 e. The van der Waals surface area contributed by atoms with E-state index in [0.29, 0.717) is 0 Å². The van der Waals surface area contributed by atoms with E-state index in [0.717, 1.165) is 0 Å². The largest absolute Gasteiger partial charge is 0.344 e. The van der Waals surface area contributed by atoms with Crippen LogP contribution < -0.4 is 0 Å². The number of para-hydroxylation sites is 10. The Morgan fingerprint density at radius 2 is 0.393 bits per heavy atom. The third kappa shape index (κ3) is 15.1. The third-order valence-electron chi connectivity index (χ3n) is 30.4. The lowest BCUT2D eigenvalue weighted by Crippen LogP contribution is -1.94. The van der Waals surface area contributed by atoms with Gasteiger partial charge in [-0.3, -0.25) is 0 Å². The molecule has 31 aromatic rings. The van der Waals surface area contributed by atoms with Crippen LogP contribution >= 0.6 is 0 Å². The van der Waals surface area contributed by atoms with Gasteiger partial charge in [0.05, 0.1) is 27.6 Å². The maximum absolute atomic E-state index is 2.38. The van der Waals surface area contributed by atoms with Crippen molar-refractivity contribution in [3.05, 3.63) is 484 Å². The van der Waals surface area contributed by atoms with Crippen molar-refractivity contribution in [3.8, 4) is 22.5 Å². The summed E-state index contributed by atoms with van der Waals surface area (Å²) in [5.41, 5.74) is 31.9. The molecule has 0 saturated heterocycles. The van der Waals surface area contributed by atoms with E-state index >= 15 is 0 Å². The molecular weight excluding hydrogens is 1760 g/mol. The Kier molecular flexibility index (Phi) is 22.0. The molecule has 0 spiro atoms.